The molecular weight excluding hydrogens is 583 g/mol. The maximum atomic E-state index is 13.9. The number of benzene rings is 1. The predicted molar refractivity (Wildman–Crippen MR) is 155 cm³/mol. The van der Waals surface area contributed by atoms with Crippen molar-refractivity contribution in [1.29, 1.82) is 5.26 Å². The van der Waals surface area contributed by atoms with Gasteiger partial charge in [-0.3, -0.25) is 18.9 Å². The van der Waals surface area contributed by atoms with E-state index >= 15 is 0 Å². The molecule has 1 saturated heterocycles. The summed E-state index contributed by atoms with van der Waals surface area (Å²) in [4.78, 5) is 24.0. The van der Waals surface area contributed by atoms with E-state index in [1.165, 1.54) is 12.3 Å². The van der Waals surface area contributed by atoms with Crippen molar-refractivity contribution in [3.8, 4) is 28.9 Å². The van der Waals surface area contributed by atoms with Gasteiger partial charge in [0.15, 0.2) is 0 Å². The molecule has 9 nitrogen and oxygen atoms in total. The average Bonchev–Trinajstić information content (AvgIpc) is 3.63. The Morgan fingerprint density at radius 1 is 1.09 bits per heavy atom. The van der Waals surface area contributed by atoms with Crippen LogP contribution in [0.1, 0.15) is 55.8 Å². The van der Waals surface area contributed by atoms with Gasteiger partial charge in [-0.2, -0.15) is 29.0 Å². The summed E-state index contributed by atoms with van der Waals surface area (Å²) in [6, 6.07) is 11.7. The van der Waals surface area contributed by atoms with Gasteiger partial charge in [0.05, 0.1) is 23.1 Å². The Kier molecular flexibility index (Phi) is 7.64. The third kappa shape index (κ3) is 6.09. The van der Waals surface area contributed by atoms with Crippen molar-refractivity contribution in [3.05, 3.63) is 53.9 Å². The molecule has 2 saturated carbocycles. The van der Waals surface area contributed by atoms with Crippen molar-refractivity contribution in [2.24, 2.45) is 5.92 Å². The molecule has 3 heterocycles. The summed E-state index contributed by atoms with van der Waals surface area (Å²) in [7, 11) is -2.55. The maximum absolute atomic E-state index is 13.9. The van der Waals surface area contributed by atoms with E-state index in [1.807, 2.05) is 29.2 Å². The van der Waals surface area contributed by atoms with Crippen LogP contribution in [0.4, 0.5) is 18.9 Å². The molecule has 43 heavy (non-hydrogen) atoms. The van der Waals surface area contributed by atoms with Crippen molar-refractivity contribution in [1.82, 2.24) is 15.3 Å². The van der Waals surface area contributed by atoms with E-state index < -0.39 is 45.4 Å². The first kappa shape index (κ1) is 29.5. The molecule has 3 aromatic rings. The molecule has 2 atom stereocenters. The highest BCUT2D eigenvalue weighted by Crippen LogP contribution is 2.46. The van der Waals surface area contributed by atoms with Gasteiger partial charge in [-0.1, -0.05) is 25.0 Å². The summed E-state index contributed by atoms with van der Waals surface area (Å²) in [5.41, 5.74) is -0.414. The number of aromatic nitrogens is 2. The second kappa shape index (κ2) is 11.2. The highest BCUT2D eigenvalue weighted by Gasteiger charge is 2.47. The minimum absolute atomic E-state index is 0.257. The number of nitrogens with zero attached hydrogens (tertiary/aromatic N) is 4. The number of oxazole rings is 1. The van der Waals surface area contributed by atoms with Crippen LogP contribution in [-0.2, 0) is 11.0 Å². The minimum atomic E-state index is -4.68. The Hall–Kier alpha value is -3.60. The van der Waals surface area contributed by atoms with Crippen molar-refractivity contribution in [3.63, 3.8) is 0 Å². The molecular formula is C30H32F3N5O4S. The molecule has 1 amide bonds. The van der Waals surface area contributed by atoms with Crippen LogP contribution in [0.3, 0.4) is 0 Å². The van der Waals surface area contributed by atoms with E-state index in [0.717, 1.165) is 24.6 Å². The number of carbonyl (C=O) groups is 1. The van der Waals surface area contributed by atoms with Gasteiger partial charge in [0.25, 0.3) is 0 Å². The number of rotatable bonds is 6. The zero-order chi connectivity index (χ0) is 30.4. The van der Waals surface area contributed by atoms with Crippen LogP contribution in [0.25, 0.3) is 22.8 Å². The predicted octanol–water partition coefficient (Wildman–Crippen LogP) is 6.44. The highest BCUT2D eigenvalue weighted by molar-refractivity contribution is 8.24. The van der Waals surface area contributed by atoms with E-state index in [4.69, 9.17) is 4.42 Å². The quantitative estimate of drug-likeness (QED) is 0.288. The number of carbonyl (C=O) groups excluding carboxylic acids is 1. The van der Waals surface area contributed by atoms with E-state index in [0.29, 0.717) is 55.8 Å². The van der Waals surface area contributed by atoms with Gasteiger partial charge in [0.2, 0.25) is 11.8 Å². The Balaban J connectivity index is 1.39. The van der Waals surface area contributed by atoms with Gasteiger partial charge in [0.1, 0.15) is 22.7 Å². The molecule has 6 rings (SSSR count). The first-order valence-electron chi connectivity index (χ1n) is 14.3. The SMILES string of the molecule is N#CC1(NC(=O)[C@@H]2CCCC[C@H]2c2oc(-c3ncccc3C(F)(F)F)nc2-c2ccc(N3CCS(O)(O)CC3)cc2)CC1. The Morgan fingerprint density at radius 2 is 1.79 bits per heavy atom. The van der Waals surface area contributed by atoms with Gasteiger partial charge < -0.3 is 14.6 Å². The molecule has 0 bridgehead atoms. The Morgan fingerprint density at radius 3 is 2.44 bits per heavy atom. The number of amides is 1. The van der Waals surface area contributed by atoms with Crippen LogP contribution in [0.15, 0.2) is 47.0 Å². The van der Waals surface area contributed by atoms with Crippen LogP contribution in [0.5, 0.6) is 0 Å². The molecule has 1 aliphatic heterocycles. The number of halogens is 3. The summed E-state index contributed by atoms with van der Waals surface area (Å²) < 4.78 is 67.9. The number of nitriles is 1. The molecule has 0 radical (unpaired) electrons. The molecule has 2 aromatic heterocycles. The van der Waals surface area contributed by atoms with E-state index in [2.05, 4.69) is 21.4 Å². The minimum Gasteiger partial charge on any atom is -0.439 e. The Labute approximate surface area is 248 Å². The van der Waals surface area contributed by atoms with Crippen LogP contribution >= 0.6 is 10.6 Å². The van der Waals surface area contributed by atoms with Crippen LogP contribution in [0.2, 0.25) is 0 Å². The summed E-state index contributed by atoms with van der Waals surface area (Å²) in [6.45, 7) is 0.980. The molecule has 0 spiro atoms. The van der Waals surface area contributed by atoms with Gasteiger partial charge in [-0.25, -0.2) is 4.98 Å². The van der Waals surface area contributed by atoms with Gasteiger partial charge in [0, 0.05) is 42.4 Å². The summed E-state index contributed by atoms with van der Waals surface area (Å²) in [5, 5.41) is 12.4. The van der Waals surface area contributed by atoms with E-state index in [1.54, 1.807) is 0 Å². The fourth-order valence-electron chi connectivity index (χ4n) is 5.99. The molecule has 3 aliphatic rings. The lowest BCUT2D eigenvalue weighted by atomic mass is 9.76. The van der Waals surface area contributed by atoms with E-state index in [9.17, 15) is 32.3 Å². The van der Waals surface area contributed by atoms with E-state index in [-0.39, 0.29) is 23.3 Å². The lowest BCUT2D eigenvalue weighted by Crippen LogP contribution is -2.42. The number of pyridine rings is 1. The molecule has 13 heteroatoms. The van der Waals surface area contributed by atoms with Gasteiger partial charge >= 0.3 is 6.18 Å². The van der Waals surface area contributed by atoms with Crippen LogP contribution in [0, 0.1) is 17.2 Å². The summed E-state index contributed by atoms with van der Waals surface area (Å²) in [5.74, 6) is -0.612. The Bertz CT molecular complexity index is 1540. The number of nitrogens with one attached hydrogen (secondary N) is 1. The van der Waals surface area contributed by atoms with Crippen LogP contribution in [-0.4, -0.2) is 55.1 Å². The monoisotopic (exact) mass is 615 g/mol. The average molecular weight is 616 g/mol. The second-order valence-corrected chi connectivity index (χ2v) is 14.0. The van der Waals surface area contributed by atoms with Gasteiger partial charge in [-0.05, 0) is 49.9 Å². The normalized spacial score (nSPS) is 23.7. The second-order valence-electron chi connectivity index (χ2n) is 11.6. The maximum Gasteiger partial charge on any atom is 0.418 e. The molecule has 1 aromatic carbocycles. The first-order valence-corrected chi connectivity index (χ1v) is 16.2. The number of hydrogen-bond donors (Lipinski definition) is 3. The molecule has 3 fully saturated rings. The topological polar surface area (TPSA) is 136 Å². The smallest absolute Gasteiger partial charge is 0.418 e. The third-order valence-electron chi connectivity index (χ3n) is 8.62. The number of hydrogen-bond acceptors (Lipinski definition) is 8. The largest absolute Gasteiger partial charge is 0.439 e. The van der Waals surface area contributed by atoms with Crippen LogP contribution < -0.4 is 10.2 Å². The van der Waals surface area contributed by atoms with Gasteiger partial charge in [-0.15, -0.1) is 0 Å². The zero-order valence-electron chi connectivity index (χ0n) is 23.3. The molecule has 228 valence electrons. The zero-order valence-corrected chi connectivity index (χ0v) is 24.1. The fraction of sp³-hybridized carbons (Fsp3) is 0.467. The summed E-state index contributed by atoms with van der Waals surface area (Å²) in [6.07, 6.45) is 0.489. The molecule has 3 N–H and O–H groups in total. The lowest BCUT2D eigenvalue weighted by Gasteiger charge is -2.41. The fourth-order valence-corrected chi connectivity index (χ4v) is 7.22. The third-order valence-corrected chi connectivity index (χ3v) is 10.3. The number of anilines is 1. The lowest BCUT2D eigenvalue weighted by molar-refractivity contribution is -0.137. The molecule has 2 aliphatic carbocycles. The van der Waals surface area contributed by atoms with Crippen molar-refractivity contribution in [2.45, 2.75) is 56.2 Å². The van der Waals surface area contributed by atoms with Crippen molar-refractivity contribution in [2.75, 3.05) is 29.5 Å². The first-order chi connectivity index (χ1) is 20.5. The molecule has 0 unspecified atom stereocenters. The highest BCUT2D eigenvalue weighted by atomic mass is 32.3. The standard InChI is InChI=1S/C30H32F3N5O4S/c31-30(32,33)23-6-3-13-35-25(23)28-36-24(19-7-9-20(10-8-19)38-14-16-43(40,41)17-15-38)26(42-28)21-4-1-2-5-22(21)27(39)37-29(18-34)11-12-29/h3,6-10,13,21-22,40-41H,1-2,4-5,11-12,14-17H2,(H,37,39)/t21-,22-/m1/s1. The number of alkyl halides is 3. The summed E-state index contributed by atoms with van der Waals surface area (Å²) >= 11 is 0. The van der Waals surface area contributed by atoms with Crippen molar-refractivity contribution >= 4 is 22.2 Å². The van der Waals surface area contributed by atoms with Crippen molar-refractivity contribution < 1.29 is 31.5 Å².